The lowest BCUT2D eigenvalue weighted by Crippen LogP contribution is -2.21. The number of halogens is 2. The number of nitrogens with two attached hydrogens (primary N) is 1. The molecule has 1 aromatic heterocycles. The maximum atomic E-state index is 6.21. The van der Waals surface area contributed by atoms with Crippen molar-refractivity contribution in [2.45, 2.75) is 44.2 Å². The average molecular weight is 383 g/mol. The van der Waals surface area contributed by atoms with Crippen LogP contribution in [0.5, 0.6) is 0 Å². The molecule has 2 heterocycles. The van der Waals surface area contributed by atoms with Gasteiger partial charge in [0.2, 0.25) is 0 Å². The second kappa shape index (κ2) is 6.66. The zero-order valence-electron chi connectivity index (χ0n) is 9.62. The first-order valence-corrected chi connectivity index (χ1v) is 8.39. The molecule has 0 amide bonds. The van der Waals surface area contributed by atoms with Crippen LogP contribution in [0.3, 0.4) is 0 Å². The van der Waals surface area contributed by atoms with Crippen molar-refractivity contribution in [2.75, 3.05) is 6.61 Å². The van der Waals surface area contributed by atoms with Crippen molar-refractivity contribution in [3.63, 3.8) is 0 Å². The molecule has 2 nitrogen and oxygen atoms in total. The van der Waals surface area contributed by atoms with Crippen LogP contribution in [-0.4, -0.2) is 12.7 Å². The molecule has 1 aromatic rings. The summed E-state index contributed by atoms with van der Waals surface area (Å²) in [5, 5.41) is 0. The smallest absolute Gasteiger partial charge is 0.0843 e. The molecule has 2 atom stereocenters. The predicted octanol–water partition coefficient (Wildman–Crippen LogP) is 4.62. The van der Waals surface area contributed by atoms with Crippen LogP contribution in [0.1, 0.15) is 43.0 Å². The second-order valence-electron chi connectivity index (χ2n) is 4.44. The Hall–Kier alpha value is 0.580. The van der Waals surface area contributed by atoms with Gasteiger partial charge in [-0.3, -0.25) is 0 Å². The summed E-state index contributed by atoms with van der Waals surface area (Å²) in [6, 6.07) is 2.24. The van der Waals surface area contributed by atoms with E-state index in [-0.39, 0.29) is 6.04 Å². The van der Waals surface area contributed by atoms with E-state index in [2.05, 4.69) is 37.9 Å². The monoisotopic (exact) mass is 381 g/mol. The topological polar surface area (TPSA) is 35.2 Å². The standard InChI is InChI=1S/C12H17Br2NOS/c13-9-7-11(17-12(9)14)10(15)5-4-8-3-1-2-6-16-8/h7-8,10H,1-6,15H2. The number of hydrogen-bond donors (Lipinski definition) is 1. The van der Waals surface area contributed by atoms with Crippen molar-refractivity contribution >= 4 is 43.2 Å². The summed E-state index contributed by atoms with van der Waals surface area (Å²) in [5.74, 6) is 0. The summed E-state index contributed by atoms with van der Waals surface area (Å²) >= 11 is 8.71. The van der Waals surface area contributed by atoms with Crippen molar-refractivity contribution in [3.05, 3.63) is 19.2 Å². The molecule has 0 aromatic carbocycles. The minimum absolute atomic E-state index is 0.133. The normalized spacial score (nSPS) is 22.6. The zero-order valence-corrected chi connectivity index (χ0v) is 13.6. The summed E-state index contributed by atoms with van der Waals surface area (Å²) in [4.78, 5) is 1.24. The Balaban J connectivity index is 1.82. The first kappa shape index (κ1) is 14.0. The van der Waals surface area contributed by atoms with Crippen LogP contribution < -0.4 is 5.73 Å². The molecule has 0 radical (unpaired) electrons. The number of hydrogen-bond acceptors (Lipinski definition) is 3. The fraction of sp³-hybridized carbons (Fsp3) is 0.667. The SMILES string of the molecule is NC(CCC1CCCCO1)c1cc(Br)c(Br)s1. The summed E-state index contributed by atoms with van der Waals surface area (Å²) in [6.07, 6.45) is 6.23. The number of ether oxygens (including phenoxy) is 1. The molecule has 2 unspecified atom stereocenters. The van der Waals surface area contributed by atoms with E-state index in [9.17, 15) is 0 Å². The summed E-state index contributed by atoms with van der Waals surface area (Å²) in [7, 11) is 0. The highest BCUT2D eigenvalue weighted by Gasteiger charge is 2.17. The van der Waals surface area contributed by atoms with Gasteiger partial charge >= 0.3 is 0 Å². The van der Waals surface area contributed by atoms with Gasteiger partial charge in [-0.05, 0) is 70.0 Å². The quantitative estimate of drug-likeness (QED) is 0.824. The van der Waals surface area contributed by atoms with Gasteiger partial charge in [-0.1, -0.05) is 0 Å². The van der Waals surface area contributed by atoms with Gasteiger partial charge in [-0.15, -0.1) is 11.3 Å². The molecule has 0 spiro atoms. The van der Waals surface area contributed by atoms with Gasteiger partial charge in [0.05, 0.1) is 9.89 Å². The highest BCUT2D eigenvalue weighted by Crippen LogP contribution is 2.36. The van der Waals surface area contributed by atoms with Crippen molar-refractivity contribution in [1.82, 2.24) is 0 Å². The van der Waals surface area contributed by atoms with Crippen LogP contribution >= 0.6 is 43.2 Å². The third-order valence-electron chi connectivity index (χ3n) is 3.10. The Bertz CT molecular complexity index is 344. The molecule has 2 rings (SSSR count). The second-order valence-corrected chi connectivity index (χ2v) is 7.70. The van der Waals surface area contributed by atoms with E-state index in [0.29, 0.717) is 6.10 Å². The molecule has 96 valence electrons. The van der Waals surface area contributed by atoms with E-state index >= 15 is 0 Å². The van der Waals surface area contributed by atoms with Crippen molar-refractivity contribution in [3.8, 4) is 0 Å². The molecule has 0 aliphatic carbocycles. The Morgan fingerprint density at radius 3 is 2.88 bits per heavy atom. The van der Waals surface area contributed by atoms with Gasteiger partial charge in [0.15, 0.2) is 0 Å². The van der Waals surface area contributed by atoms with Crippen LogP contribution in [0.4, 0.5) is 0 Å². The molecule has 1 aliphatic heterocycles. The van der Waals surface area contributed by atoms with Crippen LogP contribution in [0, 0.1) is 0 Å². The van der Waals surface area contributed by atoms with Crippen molar-refractivity contribution in [2.24, 2.45) is 5.73 Å². The molecular formula is C12H17Br2NOS. The molecule has 17 heavy (non-hydrogen) atoms. The Labute approximate surface area is 123 Å². The molecule has 1 saturated heterocycles. The molecular weight excluding hydrogens is 366 g/mol. The van der Waals surface area contributed by atoms with Crippen molar-refractivity contribution < 1.29 is 4.74 Å². The van der Waals surface area contributed by atoms with Gasteiger partial charge in [0.25, 0.3) is 0 Å². The fourth-order valence-electron chi connectivity index (χ4n) is 2.09. The van der Waals surface area contributed by atoms with Gasteiger partial charge in [-0.25, -0.2) is 0 Å². The lowest BCUT2D eigenvalue weighted by Gasteiger charge is -2.23. The van der Waals surface area contributed by atoms with E-state index in [4.69, 9.17) is 10.5 Å². The van der Waals surface area contributed by atoms with Gasteiger partial charge in [-0.2, -0.15) is 0 Å². The van der Waals surface area contributed by atoms with E-state index in [1.54, 1.807) is 11.3 Å². The Kier molecular flexibility index (Phi) is 5.49. The highest BCUT2D eigenvalue weighted by molar-refractivity contribution is 9.13. The minimum atomic E-state index is 0.133. The zero-order chi connectivity index (χ0) is 12.3. The highest BCUT2D eigenvalue weighted by atomic mass is 79.9. The summed E-state index contributed by atoms with van der Waals surface area (Å²) in [5.41, 5.74) is 6.21. The average Bonchev–Trinajstić information content (AvgIpc) is 2.68. The van der Waals surface area contributed by atoms with E-state index in [0.717, 1.165) is 27.7 Å². The maximum absolute atomic E-state index is 6.21. The van der Waals surface area contributed by atoms with E-state index < -0.39 is 0 Å². The molecule has 5 heteroatoms. The Morgan fingerprint density at radius 2 is 2.29 bits per heavy atom. The lowest BCUT2D eigenvalue weighted by atomic mass is 10.0. The number of rotatable bonds is 4. The third-order valence-corrected chi connectivity index (χ3v) is 6.49. The summed E-state index contributed by atoms with van der Waals surface area (Å²) in [6.45, 7) is 0.927. The van der Waals surface area contributed by atoms with Crippen LogP contribution in [0.15, 0.2) is 14.3 Å². The number of thiophene rings is 1. The van der Waals surface area contributed by atoms with Crippen LogP contribution in [-0.2, 0) is 4.74 Å². The predicted molar refractivity (Wildman–Crippen MR) is 79.5 cm³/mol. The van der Waals surface area contributed by atoms with Crippen LogP contribution in [0.25, 0.3) is 0 Å². The van der Waals surface area contributed by atoms with Gasteiger partial charge in [0, 0.05) is 22.0 Å². The molecule has 1 fully saturated rings. The minimum Gasteiger partial charge on any atom is -0.378 e. The molecule has 2 N–H and O–H groups in total. The first-order valence-electron chi connectivity index (χ1n) is 5.98. The molecule has 0 saturated carbocycles. The van der Waals surface area contributed by atoms with Crippen molar-refractivity contribution in [1.29, 1.82) is 0 Å². The molecule has 1 aliphatic rings. The maximum Gasteiger partial charge on any atom is 0.0843 e. The fourth-order valence-corrected chi connectivity index (χ4v) is 4.21. The van der Waals surface area contributed by atoms with Gasteiger partial charge in [0.1, 0.15) is 0 Å². The van der Waals surface area contributed by atoms with E-state index in [1.165, 1.54) is 24.1 Å². The third kappa shape index (κ3) is 4.03. The summed E-state index contributed by atoms with van der Waals surface area (Å²) < 4.78 is 7.94. The largest absolute Gasteiger partial charge is 0.378 e. The first-order chi connectivity index (χ1) is 8.16. The molecule has 0 bridgehead atoms. The van der Waals surface area contributed by atoms with Crippen LogP contribution in [0.2, 0.25) is 0 Å². The lowest BCUT2D eigenvalue weighted by molar-refractivity contribution is 0.00917. The Morgan fingerprint density at radius 1 is 1.47 bits per heavy atom. The van der Waals surface area contributed by atoms with E-state index in [1.807, 2.05) is 0 Å². The van der Waals surface area contributed by atoms with Gasteiger partial charge < -0.3 is 10.5 Å².